The van der Waals surface area contributed by atoms with Gasteiger partial charge in [-0.1, -0.05) is 18.3 Å². The number of ether oxygens (including phenoxy) is 1. The number of carbonyl (C=O) groups excluding carboxylic acids is 1. The molecule has 8 nitrogen and oxygen atoms in total. The van der Waals surface area contributed by atoms with E-state index >= 15 is 0 Å². The molecule has 1 aromatic heterocycles. The SMILES string of the molecule is CC1CCN(C(=O)Cn2c(=O)sc3cc(S(=O)(=O)N4CCOCC4)ccc32)CC1. The van der Waals surface area contributed by atoms with Gasteiger partial charge in [0.1, 0.15) is 6.54 Å². The molecule has 158 valence electrons. The zero-order valence-corrected chi connectivity index (χ0v) is 18.0. The Morgan fingerprint density at radius 3 is 2.55 bits per heavy atom. The van der Waals surface area contributed by atoms with Gasteiger partial charge in [0, 0.05) is 26.2 Å². The van der Waals surface area contributed by atoms with Crippen LogP contribution in [0.25, 0.3) is 10.2 Å². The minimum atomic E-state index is -3.63. The molecule has 29 heavy (non-hydrogen) atoms. The Balaban J connectivity index is 1.58. The lowest BCUT2D eigenvalue weighted by molar-refractivity contribution is -0.133. The molecule has 0 radical (unpaired) electrons. The van der Waals surface area contributed by atoms with Crippen LogP contribution in [0, 0.1) is 5.92 Å². The number of benzene rings is 1. The van der Waals surface area contributed by atoms with E-state index in [1.54, 1.807) is 6.07 Å². The van der Waals surface area contributed by atoms with Crippen LogP contribution in [0.3, 0.4) is 0 Å². The first-order chi connectivity index (χ1) is 13.9. The molecule has 4 rings (SSSR count). The number of aromatic nitrogens is 1. The van der Waals surface area contributed by atoms with Gasteiger partial charge in [0.25, 0.3) is 0 Å². The lowest BCUT2D eigenvalue weighted by Gasteiger charge is -2.30. The zero-order chi connectivity index (χ0) is 20.6. The maximum absolute atomic E-state index is 12.9. The summed E-state index contributed by atoms with van der Waals surface area (Å²) < 4.78 is 34.4. The van der Waals surface area contributed by atoms with Crippen molar-refractivity contribution in [3.63, 3.8) is 0 Å². The molecule has 0 saturated carbocycles. The zero-order valence-electron chi connectivity index (χ0n) is 16.4. The number of fused-ring (bicyclic) bond motifs is 1. The maximum atomic E-state index is 12.9. The Labute approximate surface area is 173 Å². The highest BCUT2D eigenvalue weighted by molar-refractivity contribution is 7.89. The van der Waals surface area contributed by atoms with Crippen LogP contribution in [-0.4, -0.2) is 67.5 Å². The summed E-state index contributed by atoms with van der Waals surface area (Å²) in [5, 5.41) is 0. The summed E-state index contributed by atoms with van der Waals surface area (Å²) in [6, 6.07) is 4.69. The molecule has 3 heterocycles. The van der Waals surface area contributed by atoms with Gasteiger partial charge in [-0.25, -0.2) is 8.42 Å². The highest BCUT2D eigenvalue weighted by atomic mass is 32.2. The summed E-state index contributed by atoms with van der Waals surface area (Å²) in [5.41, 5.74) is 0.597. The van der Waals surface area contributed by atoms with Crippen LogP contribution in [0.1, 0.15) is 19.8 Å². The van der Waals surface area contributed by atoms with Crippen LogP contribution >= 0.6 is 11.3 Å². The summed E-state index contributed by atoms with van der Waals surface area (Å²) in [5.74, 6) is 0.555. The summed E-state index contributed by atoms with van der Waals surface area (Å²) >= 11 is 0.974. The third-order valence-corrected chi connectivity index (χ3v) is 8.51. The fraction of sp³-hybridized carbons (Fsp3) is 0.579. The quantitative estimate of drug-likeness (QED) is 0.717. The normalized spacial score (nSPS) is 19.7. The molecule has 0 atom stereocenters. The van der Waals surface area contributed by atoms with Crippen molar-refractivity contribution in [1.29, 1.82) is 0 Å². The molecule has 2 saturated heterocycles. The van der Waals surface area contributed by atoms with Gasteiger partial charge in [-0.3, -0.25) is 14.2 Å². The second-order valence-corrected chi connectivity index (χ2v) is 10.6. The average molecular weight is 440 g/mol. The van der Waals surface area contributed by atoms with Crippen molar-refractivity contribution < 1.29 is 17.9 Å². The Bertz CT molecular complexity index is 1060. The van der Waals surface area contributed by atoms with Gasteiger partial charge in [0.15, 0.2) is 0 Å². The number of likely N-dealkylation sites (tertiary alicyclic amines) is 1. The molecule has 0 N–H and O–H groups in total. The highest BCUT2D eigenvalue weighted by Crippen LogP contribution is 2.25. The van der Waals surface area contributed by atoms with Gasteiger partial charge in [-0.15, -0.1) is 0 Å². The van der Waals surface area contributed by atoms with E-state index in [0.717, 1.165) is 37.3 Å². The third-order valence-electron chi connectivity index (χ3n) is 5.68. The largest absolute Gasteiger partial charge is 0.379 e. The lowest BCUT2D eigenvalue weighted by atomic mass is 9.99. The number of amides is 1. The monoisotopic (exact) mass is 439 g/mol. The standard InChI is InChI=1S/C19H25N3O5S2/c1-14-4-6-20(7-5-14)18(23)13-22-16-3-2-15(12-17(16)28-19(22)24)29(25,26)21-8-10-27-11-9-21/h2-3,12,14H,4-11,13H2,1H3. The molecule has 2 fully saturated rings. The van der Waals surface area contributed by atoms with Crippen molar-refractivity contribution in [3.05, 3.63) is 27.9 Å². The van der Waals surface area contributed by atoms with Crippen molar-refractivity contribution in [3.8, 4) is 0 Å². The van der Waals surface area contributed by atoms with Crippen molar-refractivity contribution in [2.24, 2.45) is 5.92 Å². The minimum Gasteiger partial charge on any atom is -0.379 e. The second-order valence-electron chi connectivity index (χ2n) is 7.66. The molecule has 0 unspecified atom stereocenters. The Kier molecular flexibility index (Phi) is 5.78. The van der Waals surface area contributed by atoms with E-state index in [1.807, 2.05) is 4.90 Å². The fourth-order valence-electron chi connectivity index (χ4n) is 3.79. The number of carbonyl (C=O) groups is 1. The van der Waals surface area contributed by atoms with Crippen LogP contribution in [0.5, 0.6) is 0 Å². The molecule has 1 aromatic carbocycles. The number of thiazole rings is 1. The summed E-state index contributed by atoms with van der Waals surface area (Å²) in [6.45, 7) is 5.01. The Morgan fingerprint density at radius 1 is 1.17 bits per heavy atom. The number of morpholine rings is 1. The van der Waals surface area contributed by atoms with Crippen LogP contribution in [0.2, 0.25) is 0 Å². The first-order valence-corrected chi connectivity index (χ1v) is 12.1. The van der Waals surface area contributed by atoms with E-state index in [-0.39, 0.29) is 22.2 Å². The Morgan fingerprint density at radius 2 is 1.86 bits per heavy atom. The predicted octanol–water partition coefficient (Wildman–Crippen LogP) is 1.34. The molecule has 10 heteroatoms. The van der Waals surface area contributed by atoms with Crippen LogP contribution in [0.4, 0.5) is 0 Å². The van der Waals surface area contributed by atoms with Crippen molar-refractivity contribution >= 4 is 37.5 Å². The summed E-state index contributed by atoms with van der Waals surface area (Å²) in [6.07, 6.45) is 1.96. The van der Waals surface area contributed by atoms with Gasteiger partial charge in [-0.05, 0) is 37.0 Å². The maximum Gasteiger partial charge on any atom is 0.308 e. The molecular formula is C19H25N3O5S2. The highest BCUT2D eigenvalue weighted by Gasteiger charge is 2.27. The van der Waals surface area contributed by atoms with Crippen molar-refractivity contribution in [1.82, 2.24) is 13.8 Å². The number of sulfonamides is 1. The van der Waals surface area contributed by atoms with E-state index in [2.05, 4.69) is 6.92 Å². The topological polar surface area (TPSA) is 88.9 Å². The molecule has 0 aliphatic carbocycles. The van der Waals surface area contributed by atoms with Crippen molar-refractivity contribution in [2.45, 2.75) is 31.2 Å². The van der Waals surface area contributed by atoms with E-state index in [9.17, 15) is 18.0 Å². The summed E-state index contributed by atoms with van der Waals surface area (Å²) in [7, 11) is -3.63. The van der Waals surface area contributed by atoms with Crippen LogP contribution in [0.15, 0.2) is 27.9 Å². The first-order valence-electron chi connectivity index (χ1n) is 9.85. The number of nitrogens with zero attached hydrogens (tertiary/aromatic N) is 3. The molecule has 2 aliphatic heterocycles. The average Bonchev–Trinajstić information content (AvgIpc) is 3.03. The molecule has 0 bridgehead atoms. The molecular weight excluding hydrogens is 414 g/mol. The van der Waals surface area contributed by atoms with E-state index in [4.69, 9.17) is 4.74 Å². The summed E-state index contributed by atoms with van der Waals surface area (Å²) in [4.78, 5) is 26.9. The second kappa shape index (κ2) is 8.17. The van der Waals surface area contributed by atoms with E-state index < -0.39 is 10.0 Å². The van der Waals surface area contributed by atoms with Gasteiger partial charge in [0.05, 0.1) is 28.3 Å². The molecule has 1 amide bonds. The number of hydrogen-bond acceptors (Lipinski definition) is 6. The van der Waals surface area contributed by atoms with Crippen LogP contribution in [-0.2, 0) is 26.1 Å². The Hall–Kier alpha value is -1.75. The molecule has 2 aromatic rings. The fourth-order valence-corrected chi connectivity index (χ4v) is 6.23. The van der Waals surface area contributed by atoms with Gasteiger partial charge < -0.3 is 9.64 Å². The molecule has 2 aliphatic rings. The lowest BCUT2D eigenvalue weighted by Crippen LogP contribution is -2.40. The number of hydrogen-bond donors (Lipinski definition) is 0. The predicted molar refractivity (Wildman–Crippen MR) is 111 cm³/mol. The van der Waals surface area contributed by atoms with Gasteiger partial charge >= 0.3 is 4.87 Å². The number of rotatable bonds is 4. The first kappa shape index (κ1) is 20.5. The van der Waals surface area contributed by atoms with Gasteiger partial charge in [-0.2, -0.15) is 4.31 Å². The van der Waals surface area contributed by atoms with E-state index in [1.165, 1.54) is 21.0 Å². The molecule has 0 spiro atoms. The minimum absolute atomic E-state index is 0.0111. The third kappa shape index (κ3) is 4.11. The van der Waals surface area contributed by atoms with Gasteiger partial charge in [0.2, 0.25) is 15.9 Å². The van der Waals surface area contributed by atoms with Crippen molar-refractivity contribution in [2.75, 3.05) is 39.4 Å². The van der Waals surface area contributed by atoms with Crippen LogP contribution < -0.4 is 4.87 Å². The number of piperidine rings is 1. The van der Waals surface area contributed by atoms with E-state index in [0.29, 0.717) is 42.4 Å². The smallest absolute Gasteiger partial charge is 0.308 e.